The van der Waals surface area contributed by atoms with Crippen molar-refractivity contribution in [3.05, 3.63) is 52.0 Å². The van der Waals surface area contributed by atoms with Crippen LogP contribution in [0.3, 0.4) is 0 Å². The number of rotatable bonds is 3. The molecule has 0 spiro atoms. The number of hydrogen-bond acceptors (Lipinski definition) is 3. The summed E-state index contributed by atoms with van der Waals surface area (Å²) < 4.78 is 50.9. The molecule has 0 saturated heterocycles. The molecule has 0 aliphatic carbocycles. The Balaban J connectivity index is 0.00000280. The highest BCUT2D eigenvalue weighted by molar-refractivity contribution is 14.0. The molecule has 2 aromatic rings. The van der Waals surface area contributed by atoms with Gasteiger partial charge in [0.25, 0.3) is 0 Å². The van der Waals surface area contributed by atoms with E-state index in [9.17, 15) is 13.2 Å². The van der Waals surface area contributed by atoms with Crippen molar-refractivity contribution in [1.82, 2.24) is 0 Å². The van der Waals surface area contributed by atoms with Crippen LogP contribution in [-0.2, 0) is 12.7 Å². The van der Waals surface area contributed by atoms with Crippen molar-refractivity contribution in [2.24, 2.45) is 10.7 Å². The van der Waals surface area contributed by atoms with E-state index in [1.54, 1.807) is 18.2 Å². The monoisotopic (exact) mass is 571 g/mol. The lowest BCUT2D eigenvalue weighted by molar-refractivity contribution is -0.138. The average Bonchev–Trinajstić information content (AvgIpc) is 2.85. The number of ether oxygens (including phenoxy) is 2. The van der Waals surface area contributed by atoms with Gasteiger partial charge >= 0.3 is 6.18 Å². The molecule has 5 nitrogen and oxygen atoms in total. The van der Waals surface area contributed by atoms with E-state index in [4.69, 9.17) is 15.2 Å². The minimum absolute atomic E-state index is 0. The maximum Gasteiger partial charge on any atom is 0.416 e. The molecule has 152 valence electrons. The van der Waals surface area contributed by atoms with Gasteiger partial charge in [-0.05, 0) is 29.8 Å². The first-order valence-corrected chi connectivity index (χ1v) is 8.94. The van der Waals surface area contributed by atoms with Gasteiger partial charge in [-0.15, -0.1) is 24.0 Å². The molecular weight excluding hydrogens is 554 g/mol. The predicted molar refractivity (Wildman–Crippen MR) is 116 cm³/mol. The summed E-state index contributed by atoms with van der Waals surface area (Å²) in [6, 6.07) is 9.12. The molecule has 0 aromatic heterocycles. The number of nitrogens with one attached hydrogen (secondary N) is 1. The lowest BCUT2D eigenvalue weighted by Gasteiger charge is -2.13. The second-order valence-corrected chi connectivity index (χ2v) is 6.75. The molecule has 0 atom stereocenters. The summed E-state index contributed by atoms with van der Waals surface area (Å²) in [7, 11) is 0. The van der Waals surface area contributed by atoms with Gasteiger partial charge in [0, 0.05) is 22.6 Å². The zero-order valence-corrected chi connectivity index (χ0v) is 18.5. The molecule has 0 amide bonds. The maximum absolute atomic E-state index is 13.2. The van der Waals surface area contributed by atoms with Crippen molar-refractivity contribution in [2.45, 2.75) is 19.1 Å². The largest absolute Gasteiger partial charge is 0.490 e. The Bertz CT molecular complexity index is 862. The number of aliphatic imine (C=N–C) groups is 1. The number of fused-ring (bicyclic) bond motifs is 1. The Morgan fingerprint density at radius 1 is 1.11 bits per heavy atom. The predicted octanol–water partition coefficient (Wildman–Crippen LogP) is 5.17. The molecule has 1 aliphatic rings. The molecule has 10 heteroatoms. The first-order valence-electron chi connectivity index (χ1n) is 8.15. The van der Waals surface area contributed by atoms with E-state index in [2.05, 4.69) is 26.2 Å². The molecule has 0 unspecified atom stereocenters. The smallest absolute Gasteiger partial charge is 0.416 e. The van der Waals surface area contributed by atoms with Crippen LogP contribution in [0.2, 0.25) is 0 Å². The van der Waals surface area contributed by atoms with Gasteiger partial charge in [0.15, 0.2) is 17.5 Å². The van der Waals surface area contributed by atoms with Crippen molar-refractivity contribution < 1.29 is 22.6 Å². The third kappa shape index (κ3) is 5.90. The number of halogens is 5. The van der Waals surface area contributed by atoms with Gasteiger partial charge in [-0.25, -0.2) is 4.99 Å². The Labute approximate surface area is 185 Å². The summed E-state index contributed by atoms with van der Waals surface area (Å²) in [6.07, 6.45) is -3.68. The Kier molecular flexibility index (Phi) is 7.81. The molecule has 2 aromatic carbocycles. The van der Waals surface area contributed by atoms with Crippen LogP contribution in [-0.4, -0.2) is 19.2 Å². The van der Waals surface area contributed by atoms with Crippen LogP contribution in [0.25, 0.3) is 0 Å². The second kappa shape index (κ2) is 9.68. The molecule has 0 fully saturated rings. The number of guanidine groups is 1. The Morgan fingerprint density at radius 3 is 2.54 bits per heavy atom. The normalized spacial score (nSPS) is 14.1. The summed E-state index contributed by atoms with van der Waals surface area (Å²) in [5, 5.41) is 2.85. The fraction of sp³-hybridized carbons (Fsp3) is 0.278. The van der Waals surface area contributed by atoms with Crippen LogP contribution in [0, 0.1) is 0 Å². The van der Waals surface area contributed by atoms with Crippen molar-refractivity contribution in [3.8, 4) is 11.5 Å². The average molecular weight is 572 g/mol. The summed E-state index contributed by atoms with van der Waals surface area (Å²) >= 11 is 3.05. The third-order valence-electron chi connectivity index (χ3n) is 3.82. The molecule has 0 radical (unpaired) electrons. The van der Waals surface area contributed by atoms with E-state index < -0.39 is 11.7 Å². The van der Waals surface area contributed by atoms with Crippen LogP contribution in [0.15, 0.2) is 45.9 Å². The Morgan fingerprint density at radius 2 is 1.82 bits per heavy atom. The van der Waals surface area contributed by atoms with Gasteiger partial charge in [-0.1, -0.05) is 22.0 Å². The summed E-state index contributed by atoms with van der Waals surface area (Å²) in [4.78, 5) is 4.02. The number of nitrogens with zero attached hydrogens (tertiary/aromatic N) is 1. The van der Waals surface area contributed by atoms with Crippen molar-refractivity contribution in [1.29, 1.82) is 0 Å². The number of alkyl halides is 3. The zero-order chi connectivity index (χ0) is 19.4. The second-order valence-electron chi connectivity index (χ2n) is 5.84. The van der Waals surface area contributed by atoms with E-state index in [0.29, 0.717) is 34.9 Å². The molecule has 1 aliphatic heterocycles. The van der Waals surface area contributed by atoms with Crippen LogP contribution in [0.5, 0.6) is 11.5 Å². The molecule has 1 heterocycles. The first-order chi connectivity index (χ1) is 12.8. The minimum Gasteiger partial charge on any atom is -0.490 e. The molecule has 0 bridgehead atoms. The van der Waals surface area contributed by atoms with Crippen molar-refractivity contribution in [2.75, 3.05) is 18.5 Å². The fourth-order valence-electron chi connectivity index (χ4n) is 2.55. The topological polar surface area (TPSA) is 68.9 Å². The highest BCUT2D eigenvalue weighted by Crippen LogP contribution is 2.34. The molecular formula is C18H18BrF3IN3O2. The molecule has 3 N–H and O–H groups in total. The molecule has 3 rings (SSSR count). The van der Waals surface area contributed by atoms with E-state index in [1.165, 1.54) is 12.1 Å². The standard InChI is InChI=1S/C18H17BrF3N3O2.HI/c19-12-3-2-11(14(8-12)18(20,21)22)10-24-17(23)25-13-4-5-15-16(9-13)27-7-1-6-26-15;/h2-5,8-9H,1,6-7,10H2,(H3,23,24,25);1H. The number of nitrogens with two attached hydrogens (primary N) is 1. The quantitative estimate of drug-likeness (QED) is 0.303. The zero-order valence-electron chi connectivity index (χ0n) is 14.6. The summed E-state index contributed by atoms with van der Waals surface area (Å²) in [6.45, 7) is 0.924. The number of hydrogen-bond donors (Lipinski definition) is 2. The summed E-state index contributed by atoms with van der Waals surface area (Å²) in [5.74, 6) is 1.22. The van der Waals surface area contributed by atoms with Crippen molar-refractivity contribution >= 4 is 51.6 Å². The lowest BCUT2D eigenvalue weighted by atomic mass is 10.1. The highest BCUT2D eigenvalue weighted by Gasteiger charge is 2.33. The van der Waals surface area contributed by atoms with Crippen LogP contribution in [0.1, 0.15) is 17.5 Å². The van der Waals surface area contributed by atoms with Gasteiger partial charge in [-0.2, -0.15) is 13.2 Å². The van der Waals surface area contributed by atoms with E-state index >= 15 is 0 Å². The first kappa shape index (κ1) is 22.6. The molecule has 28 heavy (non-hydrogen) atoms. The third-order valence-corrected chi connectivity index (χ3v) is 4.31. The SMILES string of the molecule is I.NC(=NCc1ccc(Br)cc1C(F)(F)F)Nc1ccc2c(c1)OCCCO2. The van der Waals surface area contributed by atoms with Crippen LogP contribution >= 0.6 is 39.9 Å². The van der Waals surface area contributed by atoms with E-state index in [0.717, 1.165) is 12.5 Å². The fourth-order valence-corrected chi connectivity index (χ4v) is 2.91. The highest BCUT2D eigenvalue weighted by atomic mass is 127. The number of anilines is 1. The minimum atomic E-state index is -4.47. The van der Waals surface area contributed by atoms with Gasteiger partial charge in [0.05, 0.1) is 25.3 Å². The maximum atomic E-state index is 13.2. The lowest BCUT2D eigenvalue weighted by Crippen LogP contribution is -2.23. The van der Waals surface area contributed by atoms with Gasteiger partial charge in [0.1, 0.15) is 0 Å². The van der Waals surface area contributed by atoms with E-state index in [1.807, 2.05) is 0 Å². The molecule has 0 saturated carbocycles. The van der Waals surface area contributed by atoms with E-state index in [-0.39, 0.29) is 42.0 Å². The van der Waals surface area contributed by atoms with Crippen molar-refractivity contribution in [3.63, 3.8) is 0 Å². The number of benzene rings is 2. The summed E-state index contributed by atoms with van der Waals surface area (Å²) in [5.41, 5.74) is 5.72. The van der Waals surface area contributed by atoms with Crippen LogP contribution in [0.4, 0.5) is 18.9 Å². The van der Waals surface area contributed by atoms with Gasteiger partial charge in [-0.3, -0.25) is 0 Å². The Hall–Kier alpha value is -1.69. The van der Waals surface area contributed by atoms with Gasteiger partial charge < -0.3 is 20.5 Å². The van der Waals surface area contributed by atoms with Crippen LogP contribution < -0.4 is 20.5 Å². The van der Waals surface area contributed by atoms with Gasteiger partial charge in [0.2, 0.25) is 0 Å².